The van der Waals surface area contributed by atoms with Crippen LogP contribution in [0.15, 0.2) is 71.7 Å². The highest BCUT2D eigenvalue weighted by molar-refractivity contribution is 6.04. The van der Waals surface area contributed by atoms with Crippen LogP contribution in [0.4, 0.5) is 10.1 Å². The summed E-state index contributed by atoms with van der Waals surface area (Å²) < 4.78 is 19.4. The molecule has 0 aromatic heterocycles. The molecule has 0 aliphatic carbocycles. The van der Waals surface area contributed by atoms with E-state index in [-0.39, 0.29) is 11.7 Å². The first-order valence-corrected chi connectivity index (χ1v) is 10.3. The number of amidine groups is 1. The summed E-state index contributed by atoms with van der Waals surface area (Å²) in [6, 6.07) is 19.6. The third-order valence-electron chi connectivity index (χ3n) is 5.65. The topological polar surface area (TPSA) is 45.1 Å². The fraction of sp³-hybridized carbons (Fsp3) is 0.200. The van der Waals surface area contributed by atoms with Crippen molar-refractivity contribution in [2.24, 2.45) is 4.99 Å². The second-order valence-electron chi connectivity index (χ2n) is 7.79. The van der Waals surface area contributed by atoms with Gasteiger partial charge in [-0.25, -0.2) is 9.38 Å². The van der Waals surface area contributed by atoms with Crippen molar-refractivity contribution in [1.82, 2.24) is 9.80 Å². The van der Waals surface area contributed by atoms with Crippen LogP contribution < -0.4 is 4.74 Å². The van der Waals surface area contributed by atoms with Gasteiger partial charge in [0.25, 0.3) is 5.91 Å². The van der Waals surface area contributed by atoms with Crippen molar-refractivity contribution in [3.05, 3.63) is 89.2 Å². The van der Waals surface area contributed by atoms with Crippen molar-refractivity contribution in [2.45, 2.75) is 6.92 Å². The van der Waals surface area contributed by atoms with E-state index >= 15 is 0 Å². The quantitative estimate of drug-likeness (QED) is 0.575. The number of rotatable bonds is 1. The SMILES string of the molecule is Cc1ccc2c(c1)C(N1CCN(C(=O)c3ccc(F)cc3)CC1)=Nc1ccccc1O2. The highest BCUT2D eigenvalue weighted by Crippen LogP contribution is 2.38. The molecule has 1 saturated heterocycles. The number of piperazine rings is 1. The van der Waals surface area contributed by atoms with Crippen molar-refractivity contribution in [3.8, 4) is 11.5 Å². The number of halogens is 1. The first-order valence-electron chi connectivity index (χ1n) is 10.3. The van der Waals surface area contributed by atoms with Gasteiger partial charge in [0.15, 0.2) is 5.75 Å². The van der Waals surface area contributed by atoms with E-state index in [0.717, 1.165) is 34.1 Å². The number of benzene rings is 3. The van der Waals surface area contributed by atoms with E-state index in [1.807, 2.05) is 41.3 Å². The predicted molar refractivity (Wildman–Crippen MR) is 118 cm³/mol. The molecule has 0 atom stereocenters. The van der Waals surface area contributed by atoms with Gasteiger partial charge in [0.05, 0.1) is 5.56 Å². The molecule has 6 heteroatoms. The minimum atomic E-state index is -0.343. The number of carbonyl (C=O) groups is 1. The molecule has 0 spiro atoms. The standard InChI is InChI=1S/C25H22FN3O2/c1-17-6-11-22-20(16-17)24(27-21-4-2-3-5-23(21)31-22)28-12-14-29(15-13-28)25(30)18-7-9-19(26)10-8-18/h2-11,16H,12-15H2,1H3. The lowest BCUT2D eigenvalue weighted by Gasteiger charge is -2.36. The monoisotopic (exact) mass is 415 g/mol. The predicted octanol–water partition coefficient (Wildman–Crippen LogP) is 4.78. The molecule has 31 heavy (non-hydrogen) atoms. The molecule has 2 heterocycles. The molecule has 3 aromatic rings. The van der Waals surface area contributed by atoms with E-state index in [9.17, 15) is 9.18 Å². The van der Waals surface area contributed by atoms with E-state index in [2.05, 4.69) is 17.9 Å². The molecule has 2 aliphatic heterocycles. The van der Waals surface area contributed by atoms with Crippen LogP contribution in [0.1, 0.15) is 21.5 Å². The molecule has 156 valence electrons. The second kappa shape index (κ2) is 7.87. The van der Waals surface area contributed by atoms with E-state index in [0.29, 0.717) is 31.7 Å². The normalized spacial score (nSPS) is 15.4. The van der Waals surface area contributed by atoms with Gasteiger partial charge in [-0.2, -0.15) is 0 Å². The van der Waals surface area contributed by atoms with Gasteiger partial charge < -0.3 is 14.5 Å². The number of hydrogen-bond donors (Lipinski definition) is 0. The van der Waals surface area contributed by atoms with Crippen LogP contribution in [0.2, 0.25) is 0 Å². The summed E-state index contributed by atoms with van der Waals surface area (Å²) >= 11 is 0. The number of para-hydroxylation sites is 2. The second-order valence-corrected chi connectivity index (χ2v) is 7.79. The van der Waals surface area contributed by atoms with Gasteiger partial charge in [-0.3, -0.25) is 4.79 Å². The number of carbonyl (C=O) groups excluding carboxylic acids is 1. The molecule has 3 aromatic carbocycles. The third kappa shape index (κ3) is 3.77. The largest absolute Gasteiger partial charge is 0.454 e. The fourth-order valence-corrected chi connectivity index (χ4v) is 3.97. The van der Waals surface area contributed by atoms with Crippen molar-refractivity contribution < 1.29 is 13.9 Å². The number of aliphatic imine (C=N–C) groups is 1. The molecule has 0 radical (unpaired) electrons. The maximum Gasteiger partial charge on any atom is 0.253 e. The number of hydrogen-bond acceptors (Lipinski definition) is 4. The average molecular weight is 415 g/mol. The third-order valence-corrected chi connectivity index (χ3v) is 5.65. The Morgan fingerprint density at radius 2 is 1.68 bits per heavy atom. The van der Waals surface area contributed by atoms with Crippen molar-refractivity contribution >= 4 is 17.4 Å². The Hall–Kier alpha value is -3.67. The van der Waals surface area contributed by atoms with Gasteiger partial charge in [-0.1, -0.05) is 23.8 Å². The van der Waals surface area contributed by atoms with Crippen molar-refractivity contribution in [3.63, 3.8) is 0 Å². The summed E-state index contributed by atoms with van der Waals surface area (Å²) in [7, 11) is 0. The van der Waals surface area contributed by atoms with E-state index in [1.54, 1.807) is 0 Å². The van der Waals surface area contributed by atoms with Crippen LogP contribution in [0, 0.1) is 12.7 Å². The molecular formula is C25H22FN3O2. The maximum atomic E-state index is 13.2. The molecule has 1 amide bonds. The molecule has 0 unspecified atom stereocenters. The smallest absolute Gasteiger partial charge is 0.253 e. The lowest BCUT2D eigenvalue weighted by atomic mass is 10.1. The Bertz CT molecular complexity index is 1170. The van der Waals surface area contributed by atoms with Gasteiger partial charge >= 0.3 is 0 Å². The van der Waals surface area contributed by atoms with Gasteiger partial charge in [-0.15, -0.1) is 0 Å². The molecule has 5 nitrogen and oxygen atoms in total. The van der Waals surface area contributed by atoms with Crippen molar-refractivity contribution in [2.75, 3.05) is 26.2 Å². The summed E-state index contributed by atoms with van der Waals surface area (Å²) in [6.45, 7) is 4.50. The van der Waals surface area contributed by atoms with Crippen LogP contribution >= 0.6 is 0 Å². The Morgan fingerprint density at radius 3 is 2.45 bits per heavy atom. The Morgan fingerprint density at radius 1 is 0.935 bits per heavy atom. The first-order chi connectivity index (χ1) is 15.1. The number of nitrogens with zero attached hydrogens (tertiary/aromatic N) is 3. The van der Waals surface area contributed by atoms with E-state index in [4.69, 9.17) is 9.73 Å². The molecule has 5 rings (SSSR count). The van der Waals surface area contributed by atoms with Gasteiger partial charge in [-0.05, 0) is 55.5 Å². The molecule has 2 aliphatic rings. The Kier molecular flexibility index (Phi) is 4.90. The van der Waals surface area contributed by atoms with Gasteiger partial charge in [0, 0.05) is 31.7 Å². The summed E-state index contributed by atoms with van der Waals surface area (Å²) in [4.78, 5) is 21.8. The van der Waals surface area contributed by atoms with E-state index in [1.165, 1.54) is 24.3 Å². The van der Waals surface area contributed by atoms with Crippen LogP contribution in [0.25, 0.3) is 0 Å². The summed E-state index contributed by atoms with van der Waals surface area (Å²) in [5.74, 6) is 1.95. The Labute approximate surface area is 180 Å². The van der Waals surface area contributed by atoms with Crippen LogP contribution in [-0.2, 0) is 0 Å². The lowest BCUT2D eigenvalue weighted by Crippen LogP contribution is -2.50. The number of aryl methyl sites for hydroxylation is 1. The highest BCUT2D eigenvalue weighted by Gasteiger charge is 2.28. The summed E-state index contributed by atoms with van der Waals surface area (Å²) in [5.41, 5.74) is 3.38. The number of amides is 1. The molecular weight excluding hydrogens is 393 g/mol. The van der Waals surface area contributed by atoms with Crippen LogP contribution in [0.3, 0.4) is 0 Å². The lowest BCUT2D eigenvalue weighted by molar-refractivity contribution is 0.0692. The first kappa shape index (κ1) is 19.3. The maximum absolute atomic E-state index is 13.2. The molecule has 0 N–H and O–H groups in total. The average Bonchev–Trinajstić information content (AvgIpc) is 2.96. The van der Waals surface area contributed by atoms with Crippen LogP contribution in [-0.4, -0.2) is 47.7 Å². The van der Waals surface area contributed by atoms with Gasteiger partial charge in [0.2, 0.25) is 0 Å². The van der Waals surface area contributed by atoms with Crippen molar-refractivity contribution in [1.29, 1.82) is 0 Å². The summed E-state index contributed by atoms with van der Waals surface area (Å²) in [5, 5.41) is 0. The van der Waals surface area contributed by atoms with E-state index < -0.39 is 0 Å². The Balaban J connectivity index is 1.41. The number of ether oxygens (including phenoxy) is 1. The minimum absolute atomic E-state index is 0.0765. The minimum Gasteiger partial charge on any atom is -0.454 e. The zero-order valence-electron chi connectivity index (χ0n) is 17.2. The zero-order valence-corrected chi connectivity index (χ0v) is 17.2. The number of fused-ring (bicyclic) bond motifs is 2. The fourth-order valence-electron chi connectivity index (χ4n) is 3.97. The highest BCUT2D eigenvalue weighted by atomic mass is 19.1. The molecule has 0 saturated carbocycles. The molecule has 0 bridgehead atoms. The van der Waals surface area contributed by atoms with Gasteiger partial charge in [0.1, 0.15) is 23.1 Å². The molecule has 1 fully saturated rings. The zero-order chi connectivity index (χ0) is 21.4. The summed E-state index contributed by atoms with van der Waals surface area (Å²) in [6.07, 6.45) is 0. The van der Waals surface area contributed by atoms with Crippen LogP contribution in [0.5, 0.6) is 11.5 Å².